The summed E-state index contributed by atoms with van der Waals surface area (Å²) in [6.45, 7) is 1.63. The Morgan fingerprint density at radius 2 is 2.00 bits per heavy atom. The first-order valence-corrected chi connectivity index (χ1v) is 4.27. The fraction of sp³-hybridized carbons (Fsp3) is 0.625. The molecule has 0 aromatic rings. The molecule has 2 amide bonds. The maximum absolute atomic E-state index is 10.9. The van der Waals surface area contributed by atoms with Crippen molar-refractivity contribution in [2.45, 2.75) is 32.2 Å². The molecule has 0 aliphatic carbocycles. The molecular weight excluding hydrogens is 188 g/mol. The van der Waals surface area contributed by atoms with E-state index in [4.69, 9.17) is 10.8 Å². The number of carbonyl (C=O) groups excluding carboxylic acids is 2. The first-order chi connectivity index (χ1) is 6.47. The maximum atomic E-state index is 10.9. The number of carboxylic acid groups (broad SMARTS) is 1. The lowest BCUT2D eigenvalue weighted by molar-refractivity contribution is -0.137. The van der Waals surface area contributed by atoms with Gasteiger partial charge in [-0.2, -0.15) is 0 Å². The van der Waals surface area contributed by atoms with Crippen molar-refractivity contribution in [1.82, 2.24) is 5.32 Å². The van der Waals surface area contributed by atoms with Gasteiger partial charge >= 0.3 is 5.97 Å². The van der Waals surface area contributed by atoms with Crippen LogP contribution in [0.4, 0.5) is 0 Å². The number of rotatable bonds is 6. The molecule has 1 atom stereocenters. The van der Waals surface area contributed by atoms with Crippen molar-refractivity contribution in [3.05, 3.63) is 0 Å². The number of hydrogen-bond acceptors (Lipinski definition) is 3. The van der Waals surface area contributed by atoms with Crippen LogP contribution in [0.1, 0.15) is 26.2 Å². The first kappa shape index (κ1) is 12.4. The number of nitrogens with one attached hydrogen (secondary N) is 1. The van der Waals surface area contributed by atoms with Crippen molar-refractivity contribution in [3.8, 4) is 0 Å². The number of nitrogens with two attached hydrogens (primary N) is 1. The molecule has 0 heterocycles. The molecule has 0 fully saturated rings. The fourth-order valence-electron chi connectivity index (χ4n) is 0.850. The van der Waals surface area contributed by atoms with Gasteiger partial charge < -0.3 is 16.2 Å². The van der Waals surface area contributed by atoms with Gasteiger partial charge in [-0.3, -0.25) is 14.4 Å². The van der Waals surface area contributed by atoms with Crippen LogP contribution in [-0.4, -0.2) is 28.9 Å². The number of amides is 2. The van der Waals surface area contributed by atoms with Crippen LogP contribution < -0.4 is 11.1 Å². The van der Waals surface area contributed by atoms with Gasteiger partial charge in [0.05, 0.1) is 0 Å². The van der Waals surface area contributed by atoms with Crippen LogP contribution in [0.5, 0.6) is 0 Å². The number of hydrogen-bond donors (Lipinski definition) is 3. The van der Waals surface area contributed by atoms with Gasteiger partial charge in [0.15, 0.2) is 0 Å². The minimum atomic E-state index is -1.03. The molecule has 0 saturated heterocycles. The van der Waals surface area contributed by atoms with Gasteiger partial charge in [0.25, 0.3) is 0 Å². The molecule has 0 spiro atoms. The van der Waals surface area contributed by atoms with Gasteiger partial charge in [-0.25, -0.2) is 0 Å². The summed E-state index contributed by atoms with van der Waals surface area (Å²) in [5, 5.41) is 10.7. The van der Waals surface area contributed by atoms with Gasteiger partial charge in [-0.1, -0.05) is 6.92 Å². The largest absolute Gasteiger partial charge is 0.481 e. The van der Waals surface area contributed by atoms with E-state index in [0.29, 0.717) is 0 Å². The van der Waals surface area contributed by atoms with E-state index in [1.165, 1.54) is 0 Å². The summed E-state index contributed by atoms with van der Waals surface area (Å²) < 4.78 is 0. The second-order valence-corrected chi connectivity index (χ2v) is 2.81. The third kappa shape index (κ3) is 5.13. The average molecular weight is 202 g/mol. The lowest BCUT2D eigenvalue weighted by atomic mass is 10.1. The number of carboxylic acids is 1. The maximum Gasteiger partial charge on any atom is 0.303 e. The minimum absolute atomic E-state index is 0.0242. The fourth-order valence-corrected chi connectivity index (χ4v) is 0.850. The molecule has 80 valence electrons. The Balaban J connectivity index is 4.09. The summed E-state index contributed by atoms with van der Waals surface area (Å²) in [6, 6.07) is -0.890. The van der Waals surface area contributed by atoms with Crippen LogP contribution in [0.25, 0.3) is 0 Å². The second kappa shape index (κ2) is 5.95. The van der Waals surface area contributed by atoms with Crippen LogP contribution in [-0.2, 0) is 14.4 Å². The summed E-state index contributed by atoms with van der Waals surface area (Å²) in [5.74, 6) is -2.06. The van der Waals surface area contributed by atoms with Crippen LogP contribution in [0.15, 0.2) is 0 Å². The molecule has 6 nitrogen and oxygen atoms in total. The minimum Gasteiger partial charge on any atom is -0.481 e. The SMILES string of the molecule is CCC(=O)NC(CCC(=O)O)C(N)=O. The van der Waals surface area contributed by atoms with E-state index in [-0.39, 0.29) is 25.2 Å². The number of primary amides is 1. The lowest BCUT2D eigenvalue weighted by Crippen LogP contribution is -2.44. The van der Waals surface area contributed by atoms with E-state index in [1.807, 2.05) is 0 Å². The summed E-state index contributed by atoms with van der Waals surface area (Å²) >= 11 is 0. The molecule has 1 unspecified atom stereocenters. The lowest BCUT2D eigenvalue weighted by Gasteiger charge is -2.13. The van der Waals surface area contributed by atoms with Crippen molar-refractivity contribution in [2.75, 3.05) is 0 Å². The molecule has 14 heavy (non-hydrogen) atoms. The average Bonchev–Trinajstić information content (AvgIpc) is 2.10. The van der Waals surface area contributed by atoms with E-state index in [2.05, 4.69) is 5.32 Å². The van der Waals surface area contributed by atoms with Gasteiger partial charge in [0, 0.05) is 12.8 Å². The molecule has 4 N–H and O–H groups in total. The van der Waals surface area contributed by atoms with Crippen molar-refractivity contribution in [2.24, 2.45) is 5.73 Å². The van der Waals surface area contributed by atoms with E-state index in [1.54, 1.807) is 6.92 Å². The zero-order valence-electron chi connectivity index (χ0n) is 7.95. The van der Waals surface area contributed by atoms with E-state index < -0.39 is 17.9 Å². The van der Waals surface area contributed by atoms with Crippen molar-refractivity contribution in [3.63, 3.8) is 0 Å². The Morgan fingerprint density at radius 1 is 1.43 bits per heavy atom. The summed E-state index contributed by atoms with van der Waals surface area (Å²) in [4.78, 5) is 31.9. The highest BCUT2D eigenvalue weighted by molar-refractivity contribution is 5.86. The quantitative estimate of drug-likeness (QED) is 0.525. The highest BCUT2D eigenvalue weighted by atomic mass is 16.4. The molecule has 0 aliphatic rings. The third-order valence-corrected chi connectivity index (χ3v) is 1.65. The third-order valence-electron chi connectivity index (χ3n) is 1.65. The Hall–Kier alpha value is -1.59. The number of aliphatic carboxylic acids is 1. The molecule has 0 aromatic heterocycles. The molecule has 0 radical (unpaired) electrons. The Kier molecular flexibility index (Phi) is 5.28. The van der Waals surface area contributed by atoms with Gasteiger partial charge in [-0.05, 0) is 6.42 Å². The Morgan fingerprint density at radius 3 is 2.36 bits per heavy atom. The molecule has 0 aromatic carbocycles. The summed E-state index contributed by atoms with van der Waals surface area (Å²) in [6.07, 6.45) is 0.0604. The number of carbonyl (C=O) groups is 3. The van der Waals surface area contributed by atoms with Crippen LogP contribution >= 0.6 is 0 Å². The molecular formula is C8H14N2O4. The summed E-state index contributed by atoms with van der Waals surface area (Å²) in [7, 11) is 0. The van der Waals surface area contributed by atoms with Crippen LogP contribution in [0.2, 0.25) is 0 Å². The normalized spacial score (nSPS) is 11.8. The van der Waals surface area contributed by atoms with E-state index >= 15 is 0 Å². The topological polar surface area (TPSA) is 109 Å². The first-order valence-electron chi connectivity index (χ1n) is 4.27. The molecule has 0 aliphatic heterocycles. The van der Waals surface area contributed by atoms with Crippen LogP contribution in [0, 0.1) is 0 Å². The Bertz CT molecular complexity index is 239. The second-order valence-electron chi connectivity index (χ2n) is 2.81. The zero-order valence-corrected chi connectivity index (χ0v) is 7.95. The highest BCUT2D eigenvalue weighted by Crippen LogP contribution is 1.97. The zero-order chi connectivity index (χ0) is 11.1. The van der Waals surface area contributed by atoms with Gasteiger partial charge in [0.2, 0.25) is 11.8 Å². The molecule has 0 rings (SSSR count). The predicted octanol–water partition coefficient (Wildman–Crippen LogP) is -0.769. The standard InChI is InChI=1S/C8H14N2O4/c1-2-6(11)10-5(8(9)14)3-4-7(12)13/h5H,2-4H2,1H3,(H2,9,14)(H,10,11)(H,12,13). The van der Waals surface area contributed by atoms with Crippen molar-refractivity contribution >= 4 is 17.8 Å². The molecule has 0 saturated carbocycles. The van der Waals surface area contributed by atoms with Crippen LogP contribution in [0.3, 0.4) is 0 Å². The van der Waals surface area contributed by atoms with Gasteiger partial charge in [-0.15, -0.1) is 0 Å². The van der Waals surface area contributed by atoms with E-state index in [9.17, 15) is 14.4 Å². The predicted molar refractivity (Wildman–Crippen MR) is 48.3 cm³/mol. The smallest absolute Gasteiger partial charge is 0.303 e. The Labute approximate surface area is 81.5 Å². The van der Waals surface area contributed by atoms with Crippen molar-refractivity contribution in [1.29, 1.82) is 0 Å². The molecule has 6 heteroatoms. The highest BCUT2D eigenvalue weighted by Gasteiger charge is 2.17. The molecule has 0 bridgehead atoms. The van der Waals surface area contributed by atoms with Gasteiger partial charge in [0.1, 0.15) is 6.04 Å². The van der Waals surface area contributed by atoms with E-state index in [0.717, 1.165) is 0 Å². The monoisotopic (exact) mass is 202 g/mol. The van der Waals surface area contributed by atoms with Crippen molar-refractivity contribution < 1.29 is 19.5 Å². The summed E-state index contributed by atoms with van der Waals surface area (Å²) in [5.41, 5.74) is 4.98.